The monoisotopic (exact) mass is 495 g/mol. The van der Waals surface area contributed by atoms with Gasteiger partial charge in [-0.25, -0.2) is 4.99 Å². The Balaban J connectivity index is 0.00000225. The molecule has 1 aliphatic rings. The van der Waals surface area contributed by atoms with Gasteiger partial charge in [-0.1, -0.05) is 16.8 Å². The SMILES string of the molecule is CCNC(=NCc1ccc(Cl)s1)N1CCN(Cc2ccon2)CC1.I. The molecule has 1 aliphatic heterocycles. The number of nitrogens with one attached hydrogen (secondary N) is 1. The summed E-state index contributed by atoms with van der Waals surface area (Å²) in [5.41, 5.74) is 0.985. The smallest absolute Gasteiger partial charge is 0.194 e. The summed E-state index contributed by atoms with van der Waals surface area (Å²) in [4.78, 5) is 10.6. The number of rotatable bonds is 5. The van der Waals surface area contributed by atoms with E-state index < -0.39 is 0 Å². The van der Waals surface area contributed by atoms with E-state index in [0.29, 0.717) is 6.54 Å². The van der Waals surface area contributed by atoms with E-state index in [-0.39, 0.29) is 24.0 Å². The Hall–Kier alpha value is -0.840. The molecule has 2 aromatic rings. The van der Waals surface area contributed by atoms with Gasteiger partial charge >= 0.3 is 0 Å². The minimum atomic E-state index is 0. The molecule has 6 nitrogen and oxygen atoms in total. The first kappa shape index (κ1) is 20.5. The number of nitrogens with zero attached hydrogens (tertiary/aromatic N) is 4. The molecule has 1 saturated heterocycles. The molecule has 3 rings (SSSR count). The maximum atomic E-state index is 5.99. The molecule has 1 fully saturated rings. The topological polar surface area (TPSA) is 56.9 Å². The Morgan fingerprint density at radius 3 is 2.72 bits per heavy atom. The Labute approximate surface area is 174 Å². The van der Waals surface area contributed by atoms with Crippen molar-refractivity contribution in [3.05, 3.63) is 39.4 Å². The second-order valence-electron chi connectivity index (χ2n) is 5.63. The molecule has 3 heterocycles. The summed E-state index contributed by atoms with van der Waals surface area (Å²) in [6, 6.07) is 5.88. The van der Waals surface area contributed by atoms with Gasteiger partial charge in [-0.15, -0.1) is 35.3 Å². The van der Waals surface area contributed by atoms with Crippen molar-refractivity contribution in [1.29, 1.82) is 0 Å². The third kappa shape index (κ3) is 6.12. The quantitative estimate of drug-likeness (QED) is 0.392. The first-order valence-electron chi connectivity index (χ1n) is 8.13. The van der Waals surface area contributed by atoms with Crippen molar-refractivity contribution in [3.8, 4) is 0 Å². The van der Waals surface area contributed by atoms with Crippen LogP contribution in [0.5, 0.6) is 0 Å². The fourth-order valence-electron chi connectivity index (χ4n) is 2.68. The Morgan fingerprint density at radius 1 is 1.32 bits per heavy atom. The lowest BCUT2D eigenvalue weighted by molar-refractivity contribution is 0.169. The zero-order valence-electron chi connectivity index (χ0n) is 14.2. The van der Waals surface area contributed by atoms with Gasteiger partial charge in [-0.05, 0) is 19.1 Å². The average Bonchev–Trinajstić information content (AvgIpc) is 3.24. The molecule has 2 aromatic heterocycles. The van der Waals surface area contributed by atoms with Crippen molar-refractivity contribution in [2.75, 3.05) is 32.7 Å². The number of aromatic nitrogens is 1. The van der Waals surface area contributed by atoms with E-state index >= 15 is 0 Å². The van der Waals surface area contributed by atoms with Crippen LogP contribution in [0.2, 0.25) is 4.34 Å². The molecule has 138 valence electrons. The number of thiophene rings is 1. The summed E-state index contributed by atoms with van der Waals surface area (Å²) >= 11 is 7.57. The molecule has 9 heteroatoms. The zero-order chi connectivity index (χ0) is 16.8. The number of piperazine rings is 1. The van der Waals surface area contributed by atoms with Crippen LogP contribution in [-0.4, -0.2) is 53.6 Å². The molecule has 25 heavy (non-hydrogen) atoms. The Bertz CT molecular complexity index is 655. The van der Waals surface area contributed by atoms with Gasteiger partial charge in [0, 0.05) is 50.2 Å². The van der Waals surface area contributed by atoms with Crippen LogP contribution in [0.1, 0.15) is 17.5 Å². The molecule has 0 amide bonds. The average molecular weight is 496 g/mol. The molecule has 1 N–H and O–H groups in total. The van der Waals surface area contributed by atoms with Crippen LogP contribution in [0, 0.1) is 0 Å². The third-order valence-corrected chi connectivity index (χ3v) is 5.11. The van der Waals surface area contributed by atoms with Gasteiger partial charge < -0.3 is 14.7 Å². The van der Waals surface area contributed by atoms with E-state index in [1.807, 2.05) is 18.2 Å². The van der Waals surface area contributed by atoms with Crippen LogP contribution in [-0.2, 0) is 13.1 Å². The lowest BCUT2D eigenvalue weighted by Crippen LogP contribution is -2.52. The second-order valence-corrected chi connectivity index (χ2v) is 7.43. The number of halogens is 2. The maximum absolute atomic E-state index is 5.99. The molecular formula is C16H23ClIN5OS. The molecular weight excluding hydrogens is 473 g/mol. The summed E-state index contributed by atoms with van der Waals surface area (Å²) in [6.45, 7) is 8.35. The van der Waals surface area contributed by atoms with Gasteiger partial charge in [-0.2, -0.15) is 0 Å². The van der Waals surface area contributed by atoms with Gasteiger partial charge in [0.2, 0.25) is 0 Å². The highest BCUT2D eigenvalue weighted by Crippen LogP contribution is 2.22. The van der Waals surface area contributed by atoms with Crippen LogP contribution in [0.3, 0.4) is 0 Å². The fraction of sp³-hybridized carbons (Fsp3) is 0.500. The van der Waals surface area contributed by atoms with Crippen molar-refractivity contribution in [2.45, 2.75) is 20.0 Å². The van der Waals surface area contributed by atoms with Gasteiger partial charge in [-0.3, -0.25) is 4.90 Å². The lowest BCUT2D eigenvalue weighted by Gasteiger charge is -2.36. The molecule has 0 spiro atoms. The van der Waals surface area contributed by atoms with Gasteiger partial charge in [0.15, 0.2) is 5.96 Å². The Kier molecular flexibility index (Phi) is 8.47. The lowest BCUT2D eigenvalue weighted by atomic mass is 10.3. The van der Waals surface area contributed by atoms with Crippen molar-refractivity contribution in [3.63, 3.8) is 0 Å². The first-order valence-corrected chi connectivity index (χ1v) is 9.33. The normalized spacial score (nSPS) is 15.9. The molecule has 0 radical (unpaired) electrons. The third-order valence-electron chi connectivity index (χ3n) is 3.90. The van der Waals surface area contributed by atoms with Crippen LogP contribution in [0.25, 0.3) is 0 Å². The second kappa shape index (κ2) is 10.3. The largest absolute Gasteiger partial charge is 0.364 e. The van der Waals surface area contributed by atoms with Crippen LogP contribution in [0.15, 0.2) is 34.0 Å². The molecule has 0 bridgehead atoms. The summed E-state index contributed by atoms with van der Waals surface area (Å²) in [7, 11) is 0. The minimum Gasteiger partial charge on any atom is -0.364 e. The fourth-order valence-corrected chi connectivity index (χ4v) is 3.69. The number of aliphatic imine (C=N–C) groups is 1. The van der Waals surface area contributed by atoms with E-state index in [1.54, 1.807) is 17.6 Å². The number of guanidine groups is 1. The van der Waals surface area contributed by atoms with Gasteiger partial charge in [0.25, 0.3) is 0 Å². The first-order chi connectivity index (χ1) is 11.7. The number of hydrogen-bond donors (Lipinski definition) is 1. The highest BCUT2D eigenvalue weighted by atomic mass is 127. The summed E-state index contributed by atoms with van der Waals surface area (Å²) in [6.07, 6.45) is 1.62. The molecule has 0 unspecified atom stereocenters. The summed E-state index contributed by atoms with van der Waals surface area (Å²) in [5.74, 6) is 0.975. The van der Waals surface area contributed by atoms with E-state index in [4.69, 9.17) is 21.1 Å². The number of hydrogen-bond acceptors (Lipinski definition) is 5. The highest BCUT2D eigenvalue weighted by molar-refractivity contribution is 14.0. The van der Waals surface area contributed by atoms with Crippen LogP contribution >= 0.6 is 46.9 Å². The molecule has 0 atom stereocenters. The van der Waals surface area contributed by atoms with Crippen molar-refractivity contribution in [2.24, 2.45) is 4.99 Å². The summed E-state index contributed by atoms with van der Waals surface area (Å²) in [5, 5.41) is 7.37. The summed E-state index contributed by atoms with van der Waals surface area (Å²) < 4.78 is 5.71. The maximum Gasteiger partial charge on any atom is 0.194 e. The predicted molar refractivity (Wildman–Crippen MR) is 113 cm³/mol. The van der Waals surface area contributed by atoms with Crippen molar-refractivity contribution < 1.29 is 4.52 Å². The van der Waals surface area contributed by atoms with Gasteiger partial charge in [0.05, 0.1) is 16.6 Å². The zero-order valence-corrected chi connectivity index (χ0v) is 18.1. The van der Waals surface area contributed by atoms with E-state index in [0.717, 1.165) is 55.3 Å². The van der Waals surface area contributed by atoms with Crippen molar-refractivity contribution >= 4 is 52.9 Å². The van der Waals surface area contributed by atoms with Crippen LogP contribution < -0.4 is 5.32 Å². The predicted octanol–water partition coefficient (Wildman–Crippen LogP) is 3.29. The van der Waals surface area contributed by atoms with Crippen molar-refractivity contribution in [1.82, 2.24) is 20.3 Å². The van der Waals surface area contributed by atoms with E-state index in [1.165, 1.54) is 4.88 Å². The molecule has 0 saturated carbocycles. The highest BCUT2D eigenvalue weighted by Gasteiger charge is 2.20. The molecule has 0 aromatic carbocycles. The van der Waals surface area contributed by atoms with Gasteiger partial charge in [0.1, 0.15) is 6.26 Å². The van der Waals surface area contributed by atoms with E-state index in [9.17, 15) is 0 Å². The molecule has 0 aliphatic carbocycles. The van der Waals surface area contributed by atoms with Crippen LogP contribution in [0.4, 0.5) is 0 Å². The standard InChI is InChI=1S/C16H22ClN5OS.HI/c1-2-18-16(19-11-14-3-4-15(17)24-14)22-8-6-21(7-9-22)12-13-5-10-23-20-13;/h3-5,10H,2,6-9,11-12H2,1H3,(H,18,19);1H. The Morgan fingerprint density at radius 2 is 2.12 bits per heavy atom. The van der Waals surface area contributed by atoms with E-state index in [2.05, 4.69) is 27.2 Å². The minimum absolute atomic E-state index is 0.